The van der Waals surface area contributed by atoms with Gasteiger partial charge in [0, 0.05) is 23.5 Å². The summed E-state index contributed by atoms with van der Waals surface area (Å²) in [5.74, 6) is 0.839. The number of thioether (sulfide) groups is 1. The van der Waals surface area contributed by atoms with Gasteiger partial charge in [0.25, 0.3) is 0 Å². The number of ether oxygens (including phenoxy) is 1. The zero-order valence-electron chi connectivity index (χ0n) is 24.8. The summed E-state index contributed by atoms with van der Waals surface area (Å²) in [4.78, 5) is 19.3. The standard InChI is InChI=1S/C32H32F4N6O2S/c1-20(2)27-18-24(33)8-13-28(27)42-21(3)15-17-45-31(42)39-30(43)37-16-14-22-4-6-23(7-5-22)29-38-19-41(40-29)25-9-11-26(12-10-25)44-32(34,35)36/h4-14,16,18-21,31H,15,17H2,1-3H3,(H2,37,39,43)/b16-14+. The van der Waals surface area contributed by atoms with Gasteiger partial charge in [0.2, 0.25) is 0 Å². The molecule has 2 atom stereocenters. The van der Waals surface area contributed by atoms with E-state index in [4.69, 9.17) is 0 Å². The number of alkyl halides is 3. The number of benzene rings is 3. The molecule has 13 heteroatoms. The number of nitrogens with zero attached hydrogens (tertiary/aromatic N) is 4. The molecule has 0 aliphatic carbocycles. The van der Waals surface area contributed by atoms with E-state index < -0.39 is 6.36 Å². The molecule has 0 radical (unpaired) electrons. The van der Waals surface area contributed by atoms with E-state index in [1.165, 1.54) is 41.3 Å². The smallest absolute Gasteiger partial charge is 0.406 e. The number of nitrogens with one attached hydrogen (secondary N) is 2. The fourth-order valence-corrected chi connectivity index (χ4v) is 6.30. The van der Waals surface area contributed by atoms with Crippen LogP contribution < -0.4 is 20.3 Å². The third kappa shape index (κ3) is 8.15. The largest absolute Gasteiger partial charge is 0.573 e. The van der Waals surface area contributed by atoms with Gasteiger partial charge in [-0.15, -0.1) is 30.0 Å². The average Bonchev–Trinajstić information content (AvgIpc) is 3.48. The fraction of sp³-hybridized carbons (Fsp3) is 0.281. The van der Waals surface area contributed by atoms with Gasteiger partial charge in [-0.2, -0.15) is 0 Å². The van der Waals surface area contributed by atoms with Crippen LogP contribution in [0.4, 0.5) is 28.0 Å². The van der Waals surface area contributed by atoms with Crippen molar-refractivity contribution in [1.29, 1.82) is 0 Å². The summed E-state index contributed by atoms with van der Waals surface area (Å²) in [7, 11) is 0. The summed E-state index contributed by atoms with van der Waals surface area (Å²) in [5, 5.41) is 10.2. The number of aromatic nitrogens is 3. The molecule has 4 aromatic rings. The van der Waals surface area contributed by atoms with Gasteiger partial charge >= 0.3 is 12.4 Å². The summed E-state index contributed by atoms with van der Waals surface area (Å²) >= 11 is 1.63. The van der Waals surface area contributed by atoms with Crippen molar-refractivity contribution >= 4 is 29.6 Å². The van der Waals surface area contributed by atoms with Crippen molar-refractivity contribution in [2.24, 2.45) is 0 Å². The molecule has 0 bridgehead atoms. The molecule has 2 amide bonds. The van der Waals surface area contributed by atoms with Gasteiger partial charge in [0.05, 0.1) is 5.69 Å². The molecule has 0 saturated carbocycles. The third-order valence-corrected chi connectivity index (χ3v) is 8.30. The minimum Gasteiger partial charge on any atom is -0.406 e. The van der Waals surface area contributed by atoms with Crippen molar-refractivity contribution in [2.45, 2.75) is 51.0 Å². The maximum Gasteiger partial charge on any atom is 0.573 e. The van der Waals surface area contributed by atoms with Crippen LogP contribution in [-0.2, 0) is 0 Å². The highest BCUT2D eigenvalue weighted by Crippen LogP contribution is 2.36. The molecule has 1 fully saturated rings. The van der Waals surface area contributed by atoms with Gasteiger partial charge in [0.15, 0.2) is 11.3 Å². The minimum atomic E-state index is -4.76. The average molecular weight is 641 g/mol. The van der Waals surface area contributed by atoms with E-state index >= 15 is 0 Å². The molecule has 236 valence electrons. The molecular weight excluding hydrogens is 608 g/mol. The quantitative estimate of drug-likeness (QED) is 0.192. The van der Waals surface area contributed by atoms with E-state index in [-0.39, 0.29) is 35.1 Å². The Hall–Kier alpha value is -4.52. The topological polar surface area (TPSA) is 84.3 Å². The highest BCUT2D eigenvalue weighted by molar-refractivity contribution is 8.00. The molecule has 0 spiro atoms. The summed E-state index contributed by atoms with van der Waals surface area (Å²) < 4.78 is 56.6. The SMILES string of the molecule is CC(C)c1cc(F)ccc1N1C(C)CCSC1NC(=O)N/C=C/c1ccc(-c2ncn(-c3ccc(OC(F)(F)F)cc3)n2)cc1. The molecule has 1 saturated heterocycles. The van der Waals surface area contributed by atoms with Crippen molar-refractivity contribution in [3.8, 4) is 22.8 Å². The number of amides is 2. The molecule has 5 rings (SSSR count). The van der Waals surface area contributed by atoms with Crippen LogP contribution in [0.3, 0.4) is 0 Å². The second kappa shape index (κ2) is 13.6. The van der Waals surface area contributed by atoms with Crippen LogP contribution in [0.1, 0.15) is 44.2 Å². The van der Waals surface area contributed by atoms with Crippen LogP contribution in [0.2, 0.25) is 0 Å². The fourth-order valence-electron chi connectivity index (χ4n) is 4.93. The molecule has 45 heavy (non-hydrogen) atoms. The first kappa shape index (κ1) is 31.9. The van der Waals surface area contributed by atoms with Gasteiger partial charge in [0.1, 0.15) is 17.9 Å². The monoisotopic (exact) mass is 640 g/mol. The lowest BCUT2D eigenvalue weighted by atomic mass is 9.99. The number of carbonyl (C=O) groups excluding carboxylic acids is 1. The predicted molar refractivity (Wildman–Crippen MR) is 167 cm³/mol. The normalized spacial score (nSPS) is 17.1. The van der Waals surface area contributed by atoms with E-state index in [1.807, 2.05) is 38.1 Å². The van der Waals surface area contributed by atoms with Crippen molar-refractivity contribution in [1.82, 2.24) is 25.4 Å². The Labute approximate surface area is 262 Å². The Morgan fingerprint density at radius 2 is 1.82 bits per heavy atom. The first-order valence-electron chi connectivity index (χ1n) is 14.3. The Bertz CT molecular complexity index is 1640. The number of urea groups is 1. The van der Waals surface area contributed by atoms with Gasteiger partial charge in [-0.05, 0) is 84.7 Å². The number of hydrogen-bond acceptors (Lipinski definition) is 6. The highest BCUT2D eigenvalue weighted by atomic mass is 32.2. The van der Waals surface area contributed by atoms with Crippen LogP contribution >= 0.6 is 11.8 Å². The van der Waals surface area contributed by atoms with Crippen molar-refractivity contribution < 1.29 is 27.1 Å². The van der Waals surface area contributed by atoms with E-state index in [0.29, 0.717) is 11.5 Å². The molecule has 2 unspecified atom stereocenters. The lowest BCUT2D eigenvalue weighted by Crippen LogP contribution is -2.54. The van der Waals surface area contributed by atoms with Crippen LogP contribution in [0.25, 0.3) is 23.2 Å². The van der Waals surface area contributed by atoms with Crippen molar-refractivity contribution in [3.05, 3.63) is 96.2 Å². The van der Waals surface area contributed by atoms with E-state index in [9.17, 15) is 22.4 Å². The zero-order chi connectivity index (χ0) is 32.1. The molecule has 1 aromatic heterocycles. The third-order valence-electron chi connectivity index (χ3n) is 7.17. The second-order valence-electron chi connectivity index (χ2n) is 10.8. The maximum absolute atomic E-state index is 14.0. The number of halogens is 4. The van der Waals surface area contributed by atoms with E-state index in [0.717, 1.165) is 34.6 Å². The van der Waals surface area contributed by atoms with Gasteiger partial charge in [-0.3, -0.25) is 0 Å². The van der Waals surface area contributed by atoms with Gasteiger partial charge in [-0.1, -0.05) is 38.1 Å². The minimum absolute atomic E-state index is 0.118. The predicted octanol–water partition coefficient (Wildman–Crippen LogP) is 7.68. The van der Waals surface area contributed by atoms with Crippen molar-refractivity contribution in [2.75, 3.05) is 10.7 Å². The summed E-state index contributed by atoms with van der Waals surface area (Å²) in [6.45, 7) is 6.16. The number of carbonyl (C=O) groups is 1. The maximum atomic E-state index is 14.0. The Kier molecular flexibility index (Phi) is 9.66. The first-order chi connectivity index (χ1) is 21.5. The van der Waals surface area contributed by atoms with Crippen LogP contribution in [0, 0.1) is 5.82 Å². The zero-order valence-corrected chi connectivity index (χ0v) is 25.6. The van der Waals surface area contributed by atoms with E-state index in [2.05, 4.69) is 37.3 Å². The summed E-state index contributed by atoms with van der Waals surface area (Å²) in [6.07, 6.45) is 0.967. The van der Waals surface area contributed by atoms with Crippen LogP contribution in [0.15, 0.2) is 79.3 Å². The lowest BCUT2D eigenvalue weighted by Gasteiger charge is -2.43. The Morgan fingerprint density at radius 1 is 1.09 bits per heavy atom. The van der Waals surface area contributed by atoms with Crippen LogP contribution in [0.5, 0.6) is 5.75 Å². The molecule has 3 aromatic carbocycles. The Balaban J connectivity index is 1.18. The molecule has 1 aliphatic rings. The number of hydrogen-bond donors (Lipinski definition) is 2. The summed E-state index contributed by atoms with van der Waals surface area (Å²) in [5.41, 5.74) is 3.58. The van der Waals surface area contributed by atoms with E-state index in [1.54, 1.807) is 36.2 Å². The second-order valence-corrected chi connectivity index (χ2v) is 11.9. The summed E-state index contributed by atoms with van der Waals surface area (Å²) in [6, 6.07) is 17.3. The van der Waals surface area contributed by atoms with Gasteiger partial charge in [-0.25, -0.2) is 18.9 Å². The first-order valence-corrected chi connectivity index (χ1v) is 15.3. The molecule has 2 N–H and O–H groups in total. The number of rotatable bonds is 8. The lowest BCUT2D eigenvalue weighted by molar-refractivity contribution is -0.274. The molecule has 8 nitrogen and oxygen atoms in total. The molecule has 2 heterocycles. The molecular formula is C32H32F4N6O2S. The van der Waals surface area contributed by atoms with Gasteiger partial charge < -0.3 is 20.3 Å². The Morgan fingerprint density at radius 3 is 2.51 bits per heavy atom. The van der Waals surface area contributed by atoms with Crippen molar-refractivity contribution in [3.63, 3.8) is 0 Å². The highest BCUT2D eigenvalue weighted by Gasteiger charge is 2.32. The van der Waals surface area contributed by atoms with Crippen LogP contribution in [-0.4, -0.2) is 44.5 Å². The molecule has 1 aliphatic heterocycles. The number of anilines is 1.